The molecule has 10 rings (SSSR count). The maximum atomic E-state index is 14.0. The van der Waals surface area contributed by atoms with Crippen molar-refractivity contribution in [3.63, 3.8) is 0 Å². The lowest BCUT2D eigenvalue weighted by Crippen LogP contribution is -2.52. The highest BCUT2D eigenvalue weighted by molar-refractivity contribution is 7.90. The number of anilines is 2. The van der Waals surface area contributed by atoms with Crippen molar-refractivity contribution in [2.24, 2.45) is 5.92 Å². The number of sulfonamides is 2. The van der Waals surface area contributed by atoms with E-state index in [2.05, 4.69) is 36.3 Å². The smallest absolute Gasteiger partial charge is 0.333 e. The van der Waals surface area contributed by atoms with E-state index in [0.717, 1.165) is 84.0 Å². The largest absolute Gasteiger partial charge is 0.477 e. The second-order valence-electron chi connectivity index (χ2n) is 16.8. The molecule has 2 aromatic heterocycles. The summed E-state index contributed by atoms with van der Waals surface area (Å²) in [6.07, 6.45) is 11.1. The Hall–Kier alpha value is -4.85. The van der Waals surface area contributed by atoms with Gasteiger partial charge in [0.05, 0.1) is 31.6 Å². The lowest BCUT2D eigenvalue weighted by atomic mass is 9.91. The van der Waals surface area contributed by atoms with Crippen LogP contribution in [-0.2, 0) is 84.5 Å². The summed E-state index contributed by atoms with van der Waals surface area (Å²) in [5.41, 5.74) is 9.28. The fourth-order valence-electron chi connectivity index (χ4n) is 10.3. The van der Waals surface area contributed by atoms with Crippen molar-refractivity contribution < 1.29 is 35.9 Å². The first kappa shape index (κ1) is 39.3. The highest BCUT2D eigenvalue weighted by Gasteiger charge is 2.45. The summed E-state index contributed by atoms with van der Waals surface area (Å²) >= 11 is 7.13. The van der Waals surface area contributed by atoms with Crippen LogP contribution in [0.5, 0.6) is 11.8 Å². The minimum absolute atomic E-state index is 0.0266. The van der Waals surface area contributed by atoms with Crippen LogP contribution in [0.25, 0.3) is 0 Å². The molecular weight excluding hydrogens is 834 g/mol. The number of rotatable bonds is 8. The Kier molecular flexibility index (Phi) is 9.60. The van der Waals surface area contributed by atoms with Crippen LogP contribution in [0.3, 0.4) is 0 Å². The van der Waals surface area contributed by atoms with Crippen molar-refractivity contribution in [3.05, 3.63) is 68.0 Å². The lowest BCUT2D eigenvalue weighted by molar-refractivity contribution is 0.00633. The Labute approximate surface area is 352 Å². The van der Waals surface area contributed by atoms with Gasteiger partial charge in [0.2, 0.25) is 11.8 Å². The van der Waals surface area contributed by atoms with Crippen LogP contribution in [-0.4, -0.2) is 86.2 Å². The molecule has 4 N–H and O–H groups in total. The first-order valence-corrected chi connectivity index (χ1v) is 23.9. The summed E-state index contributed by atoms with van der Waals surface area (Å²) in [7, 11) is -4.94. The Bertz CT molecular complexity index is 2680. The molecule has 0 spiro atoms. The molecule has 3 unspecified atom stereocenters. The molecule has 318 valence electrons. The number of carbonyl (C=O) groups is 2. The van der Waals surface area contributed by atoms with Crippen molar-refractivity contribution in [2.75, 3.05) is 31.3 Å². The molecule has 0 saturated heterocycles. The molecule has 4 heterocycles. The van der Waals surface area contributed by atoms with Crippen LogP contribution in [0.4, 0.5) is 21.0 Å². The molecule has 3 atom stereocenters. The van der Waals surface area contributed by atoms with Crippen molar-refractivity contribution >= 4 is 55.1 Å². The highest BCUT2D eigenvalue weighted by atomic mass is 35.5. The number of amides is 4. The Balaban J connectivity index is 0.903. The van der Waals surface area contributed by atoms with Gasteiger partial charge in [0.15, 0.2) is 9.79 Å². The molecule has 17 nitrogen and oxygen atoms in total. The standard InChI is InChI=1S/C40H46ClN9O8S2/c1-48(2)30-20-50-38(32(19-43-50)60(55,56)47-39(51)44-34-24-9-3-7-21(24)15-22-8-4-10-25(22)34)58-36(30)23-16-28-29(17-23)35(27-12-5-11-26(27)33(28)41)45-40(52)46-59(53,54)31-18-42-49-13-6-14-57-37(31)49/h15,18-19,23,30,36H,3-14,16-17,20H2,1-2H3,(H2,44,47,51)(H2,45,46,52). The third kappa shape index (κ3) is 6.59. The van der Waals surface area contributed by atoms with E-state index < -0.39 is 38.2 Å². The second-order valence-corrected chi connectivity index (χ2v) is 20.5. The number of benzene rings is 2. The van der Waals surface area contributed by atoms with Crippen LogP contribution >= 0.6 is 11.6 Å². The number of hydrogen-bond acceptors (Lipinski definition) is 11. The van der Waals surface area contributed by atoms with Crippen LogP contribution in [0.2, 0.25) is 5.02 Å². The molecule has 20 heteroatoms. The van der Waals surface area contributed by atoms with Gasteiger partial charge < -0.3 is 25.0 Å². The maximum Gasteiger partial charge on any atom is 0.333 e. The molecule has 4 aromatic rings. The molecule has 6 aliphatic rings. The summed E-state index contributed by atoms with van der Waals surface area (Å²) < 4.78 is 74.4. The quantitative estimate of drug-likeness (QED) is 0.198. The van der Waals surface area contributed by atoms with Gasteiger partial charge >= 0.3 is 12.1 Å². The number of carbonyl (C=O) groups excluding carboxylic acids is 2. The first-order chi connectivity index (χ1) is 28.8. The molecule has 4 aliphatic carbocycles. The number of ether oxygens (including phenoxy) is 2. The molecule has 60 heavy (non-hydrogen) atoms. The van der Waals surface area contributed by atoms with E-state index in [1.807, 2.05) is 19.0 Å². The number of likely N-dealkylation sites (N-methyl/N-ethyl adjacent to an activating group) is 1. The SMILES string of the molecule is CN(C)C1Cn2ncc(S(=O)(=O)NC(=O)Nc3c4c(cc5c3CCC5)CCC4)c2OC1C1Cc2c(Cl)c3c(c(NC(=O)NS(=O)(=O)c4cnn5c4OCCC5)c2C1)CCC3. The zero-order chi connectivity index (χ0) is 41.7. The fourth-order valence-corrected chi connectivity index (χ4v) is 12.7. The Morgan fingerprint density at radius 2 is 1.30 bits per heavy atom. The zero-order valence-corrected chi connectivity index (χ0v) is 35.7. The van der Waals surface area contributed by atoms with E-state index in [9.17, 15) is 26.4 Å². The van der Waals surface area contributed by atoms with Gasteiger partial charge in [-0.05, 0) is 129 Å². The van der Waals surface area contributed by atoms with E-state index in [0.29, 0.717) is 62.5 Å². The van der Waals surface area contributed by atoms with E-state index in [4.69, 9.17) is 21.1 Å². The van der Waals surface area contributed by atoms with Gasteiger partial charge in [-0.25, -0.2) is 45.2 Å². The summed E-state index contributed by atoms with van der Waals surface area (Å²) in [6, 6.07) is 0.232. The van der Waals surface area contributed by atoms with Gasteiger partial charge in [0.1, 0.15) is 6.10 Å². The number of urea groups is 2. The van der Waals surface area contributed by atoms with Crippen molar-refractivity contribution in [1.29, 1.82) is 0 Å². The second kappa shape index (κ2) is 14.7. The predicted molar refractivity (Wildman–Crippen MR) is 220 cm³/mol. The van der Waals surface area contributed by atoms with Gasteiger partial charge in [0, 0.05) is 35.3 Å². The minimum atomic E-state index is -4.44. The normalized spacial score (nSPS) is 21.2. The third-order valence-corrected chi connectivity index (χ3v) is 16.1. The fraction of sp³-hybridized carbons (Fsp3) is 0.500. The Morgan fingerprint density at radius 1 is 0.733 bits per heavy atom. The number of nitrogens with one attached hydrogen (secondary N) is 4. The number of nitrogens with zero attached hydrogens (tertiary/aromatic N) is 5. The van der Waals surface area contributed by atoms with Gasteiger partial charge in [-0.2, -0.15) is 10.2 Å². The highest BCUT2D eigenvalue weighted by Crippen LogP contribution is 2.48. The van der Waals surface area contributed by atoms with Crippen LogP contribution in [0.1, 0.15) is 70.2 Å². The summed E-state index contributed by atoms with van der Waals surface area (Å²) in [5, 5.41) is 14.9. The average molecular weight is 880 g/mol. The number of aryl methyl sites for hydroxylation is 3. The molecular formula is C40H46ClN9O8S2. The van der Waals surface area contributed by atoms with Gasteiger partial charge in [-0.3, -0.25) is 0 Å². The molecule has 2 aliphatic heterocycles. The van der Waals surface area contributed by atoms with E-state index in [-0.39, 0.29) is 33.5 Å². The van der Waals surface area contributed by atoms with Crippen molar-refractivity contribution in [2.45, 2.75) is 112 Å². The number of fused-ring (bicyclic) bond motifs is 6. The Morgan fingerprint density at radius 3 is 1.97 bits per heavy atom. The molecule has 2 aromatic carbocycles. The molecule has 4 amide bonds. The molecule has 0 bridgehead atoms. The topological polar surface area (TPSA) is 208 Å². The third-order valence-electron chi connectivity index (χ3n) is 13.0. The first-order valence-electron chi connectivity index (χ1n) is 20.5. The summed E-state index contributed by atoms with van der Waals surface area (Å²) in [4.78, 5) is 28.6. The van der Waals surface area contributed by atoms with Gasteiger partial charge in [0.25, 0.3) is 20.0 Å². The maximum absolute atomic E-state index is 14.0. The predicted octanol–water partition coefficient (Wildman–Crippen LogP) is 4.11. The van der Waals surface area contributed by atoms with Gasteiger partial charge in [-0.15, -0.1) is 0 Å². The van der Waals surface area contributed by atoms with E-state index in [1.165, 1.54) is 32.9 Å². The number of hydrogen-bond donors (Lipinski definition) is 4. The van der Waals surface area contributed by atoms with Gasteiger partial charge in [-0.1, -0.05) is 17.7 Å². The monoisotopic (exact) mass is 879 g/mol. The molecule has 0 fully saturated rings. The lowest BCUT2D eigenvalue weighted by Gasteiger charge is -2.39. The summed E-state index contributed by atoms with van der Waals surface area (Å²) in [6.45, 7) is 1.16. The summed E-state index contributed by atoms with van der Waals surface area (Å²) in [5.74, 6) is -0.109. The number of aromatic nitrogens is 4. The molecule has 0 radical (unpaired) electrons. The zero-order valence-electron chi connectivity index (χ0n) is 33.3. The average Bonchev–Trinajstić information content (AvgIpc) is 4.06. The van der Waals surface area contributed by atoms with E-state index >= 15 is 0 Å². The van der Waals surface area contributed by atoms with E-state index in [1.54, 1.807) is 0 Å². The van der Waals surface area contributed by atoms with Crippen LogP contribution in [0, 0.1) is 5.92 Å². The van der Waals surface area contributed by atoms with Crippen molar-refractivity contribution in [3.8, 4) is 11.8 Å². The minimum Gasteiger partial charge on any atom is -0.477 e. The van der Waals surface area contributed by atoms with Crippen molar-refractivity contribution in [1.82, 2.24) is 33.9 Å². The van der Waals surface area contributed by atoms with Crippen LogP contribution in [0.15, 0.2) is 28.3 Å². The molecule has 0 saturated carbocycles. The van der Waals surface area contributed by atoms with Crippen LogP contribution < -0.4 is 29.6 Å². The number of halogens is 1.